The number of amides is 1. The number of carbonyl (C=O) groups excluding carboxylic acids is 1. The van der Waals surface area contributed by atoms with Gasteiger partial charge in [0.25, 0.3) is 5.91 Å². The third-order valence-electron chi connectivity index (χ3n) is 3.31. The topological polar surface area (TPSA) is 61.4 Å². The molecule has 1 amide bonds. The minimum Gasteiger partial charge on any atom is -0.506 e. The van der Waals surface area contributed by atoms with E-state index in [-0.39, 0.29) is 11.7 Å². The lowest BCUT2D eigenvalue weighted by Crippen LogP contribution is -2.17. The molecule has 2 aromatic carbocycles. The first-order valence-corrected chi connectivity index (χ1v) is 6.95. The van der Waals surface area contributed by atoms with Gasteiger partial charge < -0.3 is 15.7 Å². The molecule has 0 radical (unpaired) electrons. The number of phenolic OH excluding ortho intramolecular Hbond substituents is 1. The van der Waals surface area contributed by atoms with E-state index in [0.717, 1.165) is 24.1 Å². The van der Waals surface area contributed by atoms with E-state index in [1.54, 1.807) is 24.3 Å². The van der Waals surface area contributed by atoms with Crippen LogP contribution >= 0.6 is 0 Å². The van der Waals surface area contributed by atoms with E-state index < -0.39 is 0 Å². The zero-order valence-electron chi connectivity index (χ0n) is 12.3. The van der Waals surface area contributed by atoms with Crippen LogP contribution in [0.3, 0.4) is 0 Å². The summed E-state index contributed by atoms with van der Waals surface area (Å²) in [6.45, 7) is 2.72. The Hall–Kier alpha value is -2.33. The molecule has 4 heteroatoms. The lowest BCUT2D eigenvalue weighted by molar-refractivity contribution is 0.102. The summed E-state index contributed by atoms with van der Waals surface area (Å²) in [5.41, 5.74) is 3.03. The van der Waals surface area contributed by atoms with Gasteiger partial charge in [-0.15, -0.1) is 0 Å². The molecule has 0 spiro atoms. The first-order chi connectivity index (χ1) is 10.1. The first-order valence-electron chi connectivity index (χ1n) is 6.95. The van der Waals surface area contributed by atoms with Crippen molar-refractivity contribution in [1.29, 1.82) is 0 Å². The fraction of sp³-hybridized carbons (Fsp3) is 0.235. The number of phenols is 1. The van der Waals surface area contributed by atoms with Crippen LogP contribution in [0, 0.1) is 6.92 Å². The summed E-state index contributed by atoms with van der Waals surface area (Å²) in [5.74, 6) is -0.135. The Labute approximate surface area is 124 Å². The molecule has 0 saturated heterocycles. The van der Waals surface area contributed by atoms with Crippen LogP contribution in [0.25, 0.3) is 0 Å². The van der Waals surface area contributed by atoms with Gasteiger partial charge in [-0.2, -0.15) is 0 Å². The van der Waals surface area contributed by atoms with Crippen LogP contribution in [0.4, 0.5) is 5.69 Å². The largest absolute Gasteiger partial charge is 0.506 e. The van der Waals surface area contributed by atoms with Crippen molar-refractivity contribution in [2.45, 2.75) is 13.3 Å². The minimum atomic E-state index is -0.206. The highest BCUT2D eigenvalue weighted by Gasteiger charge is 2.12. The molecule has 0 saturated carbocycles. The van der Waals surface area contributed by atoms with Gasteiger partial charge >= 0.3 is 0 Å². The van der Waals surface area contributed by atoms with Crippen LogP contribution in [0.2, 0.25) is 0 Å². The Balaban J connectivity index is 2.22. The predicted octanol–water partition coefficient (Wildman–Crippen LogP) is 2.71. The summed E-state index contributed by atoms with van der Waals surface area (Å²) in [6, 6.07) is 12.6. The van der Waals surface area contributed by atoms with Crippen LogP contribution < -0.4 is 10.6 Å². The van der Waals surface area contributed by atoms with Crippen molar-refractivity contribution in [2.75, 3.05) is 18.9 Å². The van der Waals surface area contributed by atoms with E-state index >= 15 is 0 Å². The highest BCUT2D eigenvalue weighted by Crippen LogP contribution is 2.24. The molecule has 2 rings (SSSR count). The molecule has 0 aliphatic heterocycles. The molecule has 0 heterocycles. The average Bonchev–Trinajstić information content (AvgIpc) is 2.49. The van der Waals surface area contributed by atoms with Crippen molar-refractivity contribution >= 4 is 11.6 Å². The molecule has 0 atom stereocenters. The molecule has 3 N–H and O–H groups in total. The monoisotopic (exact) mass is 284 g/mol. The van der Waals surface area contributed by atoms with Crippen LogP contribution in [-0.4, -0.2) is 24.6 Å². The van der Waals surface area contributed by atoms with Crippen molar-refractivity contribution in [3.05, 3.63) is 59.2 Å². The number of aromatic hydroxyl groups is 1. The van der Waals surface area contributed by atoms with Gasteiger partial charge in [0.2, 0.25) is 0 Å². The van der Waals surface area contributed by atoms with Crippen molar-refractivity contribution in [1.82, 2.24) is 5.32 Å². The number of aryl methyl sites for hydroxylation is 1. The van der Waals surface area contributed by atoms with Crippen molar-refractivity contribution in [2.24, 2.45) is 0 Å². The van der Waals surface area contributed by atoms with Gasteiger partial charge in [0.1, 0.15) is 5.75 Å². The summed E-state index contributed by atoms with van der Waals surface area (Å²) in [4.78, 5) is 12.4. The standard InChI is InChI=1S/C17H20N2O2/c1-12-7-8-16(20)15(11-12)19-17(21)14-6-4-3-5-13(14)9-10-18-2/h3-8,11,18,20H,9-10H2,1-2H3,(H,19,21). The molecular formula is C17H20N2O2. The Morgan fingerprint density at radius 1 is 1.19 bits per heavy atom. The fourth-order valence-corrected chi connectivity index (χ4v) is 2.16. The van der Waals surface area contributed by atoms with Crippen molar-refractivity contribution < 1.29 is 9.90 Å². The maximum absolute atomic E-state index is 12.4. The average molecular weight is 284 g/mol. The zero-order valence-corrected chi connectivity index (χ0v) is 12.3. The molecule has 0 aromatic heterocycles. The Morgan fingerprint density at radius 2 is 1.95 bits per heavy atom. The Kier molecular flexibility index (Phi) is 4.95. The van der Waals surface area contributed by atoms with Gasteiger partial charge in [-0.25, -0.2) is 0 Å². The zero-order chi connectivity index (χ0) is 15.2. The normalized spacial score (nSPS) is 10.4. The van der Waals surface area contributed by atoms with E-state index in [2.05, 4.69) is 10.6 Å². The lowest BCUT2D eigenvalue weighted by Gasteiger charge is -2.11. The number of hydrogen-bond acceptors (Lipinski definition) is 3. The number of hydrogen-bond donors (Lipinski definition) is 3. The van der Waals surface area contributed by atoms with Gasteiger partial charge in [0, 0.05) is 5.56 Å². The second-order valence-electron chi connectivity index (χ2n) is 4.99. The van der Waals surface area contributed by atoms with Gasteiger partial charge in [-0.1, -0.05) is 24.3 Å². The molecule has 0 unspecified atom stereocenters. The predicted molar refractivity (Wildman–Crippen MR) is 84.9 cm³/mol. The van der Waals surface area contributed by atoms with Crippen LogP contribution in [0.5, 0.6) is 5.75 Å². The highest BCUT2D eigenvalue weighted by atomic mass is 16.3. The maximum atomic E-state index is 12.4. The van der Waals surface area contributed by atoms with Gasteiger partial charge in [-0.3, -0.25) is 4.79 Å². The SMILES string of the molecule is CNCCc1ccccc1C(=O)Nc1cc(C)ccc1O. The quantitative estimate of drug-likeness (QED) is 0.740. The first kappa shape index (κ1) is 15.1. The second-order valence-corrected chi connectivity index (χ2v) is 4.99. The van der Waals surface area contributed by atoms with Crippen LogP contribution in [0.1, 0.15) is 21.5 Å². The number of anilines is 1. The number of likely N-dealkylation sites (N-methyl/N-ethyl adjacent to an activating group) is 1. The third-order valence-corrected chi connectivity index (χ3v) is 3.31. The number of rotatable bonds is 5. The van der Waals surface area contributed by atoms with Crippen LogP contribution in [0.15, 0.2) is 42.5 Å². The number of nitrogens with one attached hydrogen (secondary N) is 2. The Morgan fingerprint density at radius 3 is 2.71 bits per heavy atom. The molecular weight excluding hydrogens is 264 g/mol. The summed E-state index contributed by atoms with van der Waals surface area (Å²) in [5, 5.41) is 15.7. The smallest absolute Gasteiger partial charge is 0.256 e. The van der Waals surface area contributed by atoms with Crippen LogP contribution in [-0.2, 0) is 6.42 Å². The molecule has 0 aliphatic carbocycles. The van der Waals surface area contributed by atoms with E-state index in [4.69, 9.17) is 0 Å². The minimum absolute atomic E-state index is 0.0710. The molecule has 21 heavy (non-hydrogen) atoms. The molecule has 0 bridgehead atoms. The summed E-state index contributed by atoms with van der Waals surface area (Å²) >= 11 is 0. The molecule has 4 nitrogen and oxygen atoms in total. The second kappa shape index (κ2) is 6.90. The molecule has 0 aliphatic rings. The summed E-state index contributed by atoms with van der Waals surface area (Å²) in [6.07, 6.45) is 0.778. The summed E-state index contributed by atoms with van der Waals surface area (Å²) < 4.78 is 0. The molecule has 0 fully saturated rings. The number of benzene rings is 2. The van der Waals surface area contributed by atoms with E-state index in [1.165, 1.54) is 0 Å². The fourth-order valence-electron chi connectivity index (χ4n) is 2.16. The van der Waals surface area contributed by atoms with Crippen molar-refractivity contribution in [3.63, 3.8) is 0 Å². The third kappa shape index (κ3) is 3.83. The van der Waals surface area contributed by atoms with E-state index in [1.807, 2.05) is 32.2 Å². The summed E-state index contributed by atoms with van der Waals surface area (Å²) in [7, 11) is 1.88. The maximum Gasteiger partial charge on any atom is 0.256 e. The lowest BCUT2D eigenvalue weighted by atomic mass is 10.0. The van der Waals surface area contributed by atoms with Gasteiger partial charge in [-0.05, 0) is 56.3 Å². The molecule has 2 aromatic rings. The van der Waals surface area contributed by atoms with E-state index in [9.17, 15) is 9.90 Å². The highest BCUT2D eigenvalue weighted by molar-refractivity contribution is 6.06. The number of carbonyl (C=O) groups is 1. The van der Waals surface area contributed by atoms with E-state index in [0.29, 0.717) is 11.3 Å². The van der Waals surface area contributed by atoms with Gasteiger partial charge in [0.15, 0.2) is 0 Å². The van der Waals surface area contributed by atoms with Gasteiger partial charge in [0.05, 0.1) is 5.69 Å². The Bertz CT molecular complexity index is 638. The molecule has 110 valence electrons. The van der Waals surface area contributed by atoms with Crippen molar-refractivity contribution in [3.8, 4) is 5.75 Å².